The van der Waals surface area contributed by atoms with E-state index in [0.717, 1.165) is 19.4 Å². The fourth-order valence-electron chi connectivity index (χ4n) is 0.953. The average Bonchev–Trinajstić information content (AvgIpc) is 2.15. The molecular formula is C6H12ClNO2. The van der Waals surface area contributed by atoms with Crippen LogP contribution in [0.25, 0.3) is 0 Å². The predicted octanol–water partition coefficient (Wildman–Crippen LogP) is 0.681. The number of carbonyl (C=O) groups excluding carboxylic acids is 1. The topological polar surface area (TPSA) is 38.3 Å². The molecule has 10 heavy (non-hydrogen) atoms. The first kappa shape index (κ1) is 9.72. The van der Waals surface area contributed by atoms with Crippen LogP contribution in [0.1, 0.15) is 19.8 Å². The maximum Gasteiger partial charge on any atom is 0.304 e. The van der Waals surface area contributed by atoms with Crippen LogP contribution >= 0.6 is 12.4 Å². The molecular weight excluding hydrogens is 154 g/mol. The molecule has 0 aliphatic carbocycles. The summed E-state index contributed by atoms with van der Waals surface area (Å²) in [6.45, 7) is 2.40. The van der Waals surface area contributed by atoms with Crippen molar-refractivity contribution in [3.63, 3.8) is 0 Å². The van der Waals surface area contributed by atoms with E-state index in [2.05, 4.69) is 5.32 Å². The zero-order valence-electron chi connectivity index (χ0n) is 5.92. The van der Waals surface area contributed by atoms with Crippen LogP contribution in [0.15, 0.2) is 0 Å². The van der Waals surface area contributed by atoms with Crippen LogP contribution in [0.2, 0.25) is 0 Å². The molecule has 1 N–H and O–H groups in total. The molecule has 0 spiro atoms. The summed E-state index contributed by atoms with van der Waals surface area (Å²) in [4.78, 5) is 10.3. The number of halogens is 1. The van der Waals surface area contributed by atoms with Gasteiger partial charge in [-0.05, 0) is 19.4 Å². The van der Waals surface area contributed by atoms with Gasteiger partial charge in [-0.2, -0.15) is 0 Å². The number of rotatable bonds is 1. The molecule has 1 aliphatic heterocycles. The van der Waals surface area contributed by atoms with Crippen molar-refractivity contribution in [3.05, 3.63) is 0 Å². The smallest absolute Gasteiger partial charge is 0.304 e. The van der Waals surface area contributed by atoms with E-state index in [4.69, 9.17) is 4.74 Å². The molecule has 0 saturated carbocycles. The third-order valence-electron chi connectivity index (χ3n) is 1.32. The van der Waals surface area contributed by atoms with Crippen LogP contribution in [-0.4, -0.2) is 18.7 Å². The third kappa shape index (κ3) is 3.03. The van der Waals surface area contributed by atoms with E-state index >= 15 is 0 Å². The molecule has 1 aliphatic rings. The normalized spacial score (nSPS) is 23.5. The van der Waals surface area contributed by atoms with Gasteiger partial charge >= 0.3 is 5.97 Å². The highest BCUT2D eigenvalue weighted by molar-refractivity contribution is 5.85. The summed E-state index contributed by atoms with van der Waals surface area (Å²) in [6, 6.07) is 0. The lowest BCUT2D eigenvalue weighted by Gasteiger charge is -2.08. The maximum absolute atomic E-state index is 10.3. The molecule has 1 atom stereocenters. The molecule has 0 aromatic heterocycles. The number of nitrogens with one attached hydrogen (secondary N) is 1. The molecule has 0 aromatic rings. The second kappa shape index (κ2) is 4.52. The van der Waals surface area contributed by atoms with Gasteiger partial charge in [0.15, 0.2) is 6.23 Å². The van der Waals surface area contributed by atoms with Crippen LogP contribution in [0.5, 0.6) is 0 Å². The van der Waals surface area contributed by atoms with Crippen molar-refractivity contribution in [2.75, 3.05) is 6.54 Å². The minimum atomic E-state index is -0.200. The fraction of sp³-hybridized carbons (Fsp3) is 0.833. The first-order chi connectivity index (χ1) is 4.29. The summed E-state index contributed by atoms with van der Waals surface area (Å²) in [5.41, 5.74) is 0. The summed E-state index contributed by atoms with van der Waals surface area (Å²) >= 11 is 0. The monoisotopic (exact) mass is 165 g/mol. The predicted molar refractivity (Wildman–Crippen MR) is 40.0 cm³/mol. The van der Waals surface area contributed by atoms with Crippen LogP contribution in [-0.2, 0) is 9.53 Å². The minimum absolute atomic E-state index is 0. The molecule has 1 heterocycles. The number of hydrogen-bond donors (Lipinski definition) is 1. The zero-order chi connectivity index (χ0) is 6.69. The molecule has 0 bridgehead atoms. The van der Waals surface area contributed by atoms with Crippen molar-refractivity contribution < 1.29 is 9.53 Å². The lowest BCUT2D eigenvalue weighted by atomic mass is 10.4. The van der Waals surface area contributed by atoms with Crippen molar-refractivity contribution in [1.29, 1.82) is 0 Å². The first-order valence-electron chi connectivity index (χ1n) is 3.19. The van der Waals surface area contributed by atoms with Crippen molar-refractivity contribution in [3.8, 4) is 0 Å². The highest BCUT2D eigenvalue weighted by atomic mass is 35.5. The summed E-state index contributed by atoms with van der Waals surface area (Å²) < 4.78 is 4.86. The Morgan fingerprint density at radius 3 is 2.80 bits per heavy atom. The Kier molecular flexibility index (Phi) is 4.40. The third-order valence-corrected chi connectivity index (χ3v) is 1.32. The highest BCUT2D eigenvalue weighted by Gasteiger charge is 2.15. The van der Waals surface area contributed by atoms with E-state index in [0.29, 0.717) is 0 Å². The number of carbonyl (C=O) groups is 1. The van der Waals surface area contributed by atoms with Gasteiger partial charge in [0.2, 0.25) is 0 Å². The van der Waals surface area contributed by atoms with E-state index in [-0.39, 0.29) is 24.6 Å². The Labute approximate surface area is 66.5 Å². The number of hydrogen-bond acceptors (Lipinski definition) is 3. The van der Waals surface area contributed by atoms with E-state index in [9.17, 15) is 4.79 Å². The van der Waals surface area contributed by atoms with Crippen LogP contribution in [0.4, 0.5) is 0 Å². The summed E-state index contributed by atoms with van der Waals surface area (Å²) in [6.07, 6.45) is 2.06. The molecule has 4 heteroatoms. The molecule has 60 valence electrons. The van der Waals surface area contributed by atoms with Crippen LogP contribution in [0, 0.1) is 0 Å². The highest BCUT2D eigenvalue weighted by Crippen LogP contribution is 2.05. The largest absolute Gasteiger partial charge is 0.447 e. The van der Waals surface area contributed by atoms with E-state index < -0.39 is 0 Å². The van der Waals surface area contributed by atoms with Gasteiger partial charge in [-0.1, -0.05) is 0 Å². The van der Waals surface area contributed by atoms with E-state index in [1.54, 1.807) is 0 Å². The molecule has 1 rings (SSSR count). The van der Waals surface area contributed by atoms with Crippen molar-refractivity contribution in [2.45, 2.75) is 26.0 Å². The Bertz CT molecular complexity index is 112. The van der Waals surface area contributed by atoms with Gasteiger partial charge in [0.25, 0.3) is 0 Å². The molecule has 1 fully saturated rings. The van der Waals surface area contributed by atoms with Crippen molar-refractivity contribution >= 4 is 18.4 Å². The van der Waals surface area contributed by atoms with Gasteiger partial charge in [0.05, 0.1) is 0 Å². The summed E-state index contributed by atoms with van der Waals surface area (Å²) in [7, 11) is 0. The second-order valence-corrected chi connectivity index (χ2v) is 2.19. The zero-order valence-corrected chi connectivity index (χ0v) is 6.74. The summed E-state index contributed by atoms with van der Waals surface area (Å²) in [5.74, 6) is -0.200. The quantitative estimate of drug-likeness (QED) is 0.581. The lowest BCUT2D eigenvalue weighted by molar-refractivity contribution is -0.146. The molecule has 0 aromatic carbocycles. The average molecular weight is 166 g/mol. The van der Waals surface area contributed by atoms with E-state index in [1.165, 1.54) is 6.92 Å². The Morgan fingerprint density at radius 2 is 2.40 bits per heavy atom. The van der Waals surface area contributed by atoms with Gasteiger partial charge in [-0.3, -0.25) is 10.1 Å². The second-order valence-electron chi connectivity index (χ2n) is 2.19. The standard InChI is InChI=1S/C6H11NO2.ClH/c1-5(8)9-6-3-2-4-7-6;/h6-7H,2-4H2,1H3;1H/t6-;/m1./s1. The van der Waals surface area contributed by atoms with Gasteiger partial charge < -0.3 is 4.74 Å². The number of ether oxygens (including phenoxy) is 1. The van der Waals surface area contributed by atoms with Crippen LogP contribution in [0.3, 0.4) is 0 Å². The Morgan fingerprint density at radius 1 is 1.70 bits per heavy atom. The SMILES string of the molecule is CC(=O)O[C@@H]1CCCN1.Cl. The molecule has 0 radical (unpaired) electrons. The van der Waals surface area contributed by atoms with Gasteiger partial charge in [0, 0.05) is 6.92 Å². The van der Waals surface area contributed by atoms with Crippen molar-refractivity contribution in [1.82, 2.24) is 5.32 Å². The molecule has 0 unspecified atom stereocenters. The van der Waals surface area contributed by atoms with Crippen LogP contribution < -0.4 is 5.32 Å². The van der Waals surface area contributed by atoms with Gasteiger partial charge in [-0.15, -0.1) is 12.4 Å². The van der Waals surface area contributed by atoms with Gasteiger partial charge in [-0.25, -0.2) is 0 Å². The molecule has 1 saturated heterocycles. The minimum Gasteiger partial charge on any atom is -0.447 e. The Hall–Kier alpha value is -0.280. The summed E-state index contributed by atoms with van der Waals surface area (Å²) in [5, 5.41) is 3.04. The molecule has 0 amide bonds. The van der Waals surface area contributed by atoms with Gasteiger partial charge in [0.1, 0.15) is 0 Å². The lowest BCUT2D eigenvalue weighted by Crippen LogP contribution is -2.26. The maximum atomic E-state index is 10.3. The Balaban J connectivity index is 0.000000810. The molecule has 3 nitrogen and oxygen atoms in total. The van der Waals surface area contributed by atoms with Crippen molar-refractivity contribution in [2.24, 2.45) is 0 Å². The first-order valence-corrected chi connectivity index (χ1v) is 3.19. The fourth-order valence-corrected chi connectivity index (χ4v) is 0.953. The van der Waals surface area contributed by atoms with E-state index in [1.807, 2.05) is 0 Å². The number of esters is 1.